The summed E-state index contributed by atoms with van der Waals surface area (Å²) < 4.78 is 13.3. The first-order valence-electron chi connectivity index (χ1n) is 4.15. The zero-order valence-corrected chi connectivity index (χ0v) is 7.83. The molecule has 0 amide bonds. The monoisotopic (exact) mass is 182 g/mol. The number of aryl methyl sites for hydroxylation is 1. The second-order valence-corrected chi connectivity index (χ2v) is 4.20. The van der Waals surface area contributed by atoms with Gasteiger partial charge >= 0.3 is 0 Å². The van der Waals surface area contributed by atoms with Crippen molar-refractivity contribution in [1.82, 2.24) is 0 Å². The van der Waals surface area contributed by atoms with Crippen molar-refractivity contribution in [2.24, 2.45) is 0 Å². The smallest absolute Gasteiger partial charge is 0.127 e. The maximum Gasteiger partial charge on any atom is 0.127 e. The van der Waals surface area contributed by atoms with E-state index >= 15 is 0 Å². The second kappa shape index (κ2) is 3.09. The second-order valence-electron chi connectivity index (χ2n) is 3.10. The fraction of sp³-hybridized carbons (Fsp3) is 0.400. The lowest BCUT2D eigenvalue weighted by Crippen LogP contribution is -2.03. The van der Waals surface area contributed by atoms with Gasteiger partial charge in [0.2, 0.25) is 0 Å². The molecule has 0 fully saturated rings. The summed E-state index contributed by atoms with van der Waals surface area (Å²) in [4.78, 5) is 1.16. The molecule has 0 spiro atoms. The number of rotatable bonds is 0. The van der Waals surface area contributed by atoms with E-state index < -0.39 is 6.17 Å². The molecule has 0 bridgehead atoms. The third-order valence-electron chi connectivity index (χ3n) is 2.20. The van der Waals surface area contributed by atoms with Crippen LogP contribution in [0.3, 0.4) is 0 Å². The Bertz CT molecular complexity index is 296. The average molecular weight is 182 g/mol. The molecule has 0 aliphatic carbocycles. The molecule has 1 atom stereocenters. The third kappa shape index (κ3) is 1.24. The Morgan fingerprint density at radius 3 is 3.08 bits per heavy atom. The summed E-state index contributed by atoms with van der Waals surface area (Å²) in [5, 5.41) is 0. The minimum Gasteiger partial charge on any atom is -0.242 e. The van der Waals surface area contributed by atoms with Crippen LogP contribution in [0.4, 0.5) is 4.39 Å². The van der Waals surface area contributed by atoms with E-state index in [0.717, 1.165) is 16.2 Å². The summed E-state index contributed by atoms with van der Waals surface area (Å²) in [6.07, 6.45) is -0.0673. The van der Waals surface area contributed by atoms with Crippen LogP contribution < -0.4 is 0 Å². The van der Waals surface area contributed by atoms with E-state index in [1.165, 1.54) is 5.56 Å². The number of thioether (sulfide) groups is 1. The van der Waals surface area contributed by atoms with E-state index in [9.17, 15) is 4.39 Å². The van der Waals surface area contributed by atoms with Gasteiger partial charge in [0.25, 0.3) is 0 Å². The van der Waals surface area contributed by atoms with Crippen LogP contribution in [0.25, 0.3) is 0 Å². The van der Waals surface area contributed by atoms with Gasteiger partial charge in [-0.2, -0.15) is 0 Å². The Hall–Kier alpha value is -0.500. The number of hydrogen-bond donors (Lipinski definition) is 0. The van der Waals surface area contributed by atoms with Gasteiger partial charge < -0.3 is 0 Å². The molecule has 2 rings (SSSR count). The van der Waals surface area contributed by atoms with Crippen molar-refractivity contribution in [1.29, 1.82) is 0 Å². The van der Waals surface area contributed by atoms with Crippen molar-refractivity contribution in [3.63, 3.8) is 0 Å². The van der Waals surface area contributed by atoms with Crippen molar-refractivity contribution in [3.05, 3.63) is 29.3 Å². The highest BCUT2D eigenvalue weighted by molar-refractivity contribution is 7.99. The highest BCUT2D eigenvalue weighted by Gasteiger charge is 2.20. The van der Waals surface area contributed by atoms with Gasteiger partial charge in [-0.1, -0.05) is 18.2 Å². The molecule has 0 nitrogen and oxygen atoms in total. The van der Waals surface area contributed by atoms with Gasteiger partial charge in [0, 0.05) is 10.6 Å². The lowest BCUT2D eigenvalue weighted by molar-refractivity contribution is 0.328. The van der Waals surface area contributed by atoms with Crippen LogP contribution in [0, 0.1) is 6.92 Å². The van der Waals surface area contributed by atoms with E-state index in [0.29, 0.717) is 6.42 Å². The van der Waals surface area contributed by atoms with Crippen molar-refractivity contribution >= 4 is 11.8 Å². The molecule has 0 saturated heterocycles. The number of alkyl halides is 1. The SMILES string of the molecule is Cc1cccc2c1SCCC2F. The number of halogens is 1. The van der Waals surface area contributed by atoms with E-state index in [1.54, 1.807) is 11.8 Å². The predicted octanol–water partition coefficient (Wildman–Crippen LogP) is 3.50. The molecular formula is C10H11FS. The van der Waals surface area contributed by atoms with Gasteiger partial charge in [0.1, 0.15) is 6.17 Å². The zero-order valence-electron chi connectivity index (χ0n) is 7.01. The summed E-state index contributed by atoms with van der Waals surface area (Å²) in [7, 11) is 0. The summed E-state index contributed by atoms with van der Waals surface area (Å²) in [6.45, 7) is 2.05. The van der Waals surface area contributed by atoms with Gasteiger partial charge in [-0.25, -0.2) is 4.39 Å². The molecule has 1 aromatic carbocycles. The van der Waals surface area contributed by atoms with E-state index in [4.69, 9.17) is 0 Å². The molecule has 12 heavy (non-hydrogen) atoms. The van der Waals surface area contributed by atoms with Crippen LogP contribution in [0.1, 0.15) is 23.7 Å². The lowest BCUT2D eigenvalue weighted by Gasteiger charge is -2.20. The molecule has 0 saturated carbocycles. The Morgan fingerprint density at radius 1 is 1.50 bits per heavy atom. The molecule has 2 heteroatoms. The Kier molecular flexibility index (Phi) is 2.09. The Morgan fingerprint density at radius 2 is 2.33 bits per heavy atom. The van der Waals surface area contributed by atoms with E-state index in [-0.39, 0.29) is 0 Å². The minimum absolute atomic E-state index is 0.668. The molecule has 1 unspecified atom stereocenters. The molecule has 0 aromatic heterocycles. The molecule has 1 heterocycles. The standard InChI is InChI=1S/C10H11FS/c1-7-3-2-4-8-9(11)5-6-12-10(7)8/h2-4,9H,5-6H2,1H3. The first-order chi connectivity index (χ1) is 5.79. The molecule has 64 valence electrons. The highest BCUT2D eigenvalue weighted by atomic mass is 32.2. The van der Waals surface area contributed by atoms with Crippen LogP contribution in [-0.2, 0) is 0 Å². The molecule has 1 aliphatic heterocycles. The van der Waals surface area contributed by atoms with Crippen molar-refractivity contribution in [3.8, 4) is 0 Å². The van der Waals surface area contributed by atoms with Crippen molar-refractivity contribution < 1.29 is 4.39 Å². The number of fused-ring (bicyclic) bond motifs is 1. The fourth-order valence-electron chi connectivity index (χ4n) is 1.54. The van der Waals surface area contributed by atoms with Crippen LogP contribution in [0.5, 0.6) is 0 Å². The summed E-state index contributed by atoms with van der Waals surface area (Å²) in [5.41, 5.74) is 2.10. The van der Waals surface area contributed by atoms with Crippen LogP contribution in [0.15, 0.2) is 23.1 Å². The minimum atomic E-state index is -0.735. The molecule has 0 radical (unpaired) electrons. The van der Waals surface area contributed by atoms with Gasteiger partial charge in [-0.05, 0) is 24.5 Å². The quantitative estimate of drug-likeness (QED) is 0.591. The predicted molar refractivity (Wildman–Crippen MR) is 50.4 cm³/mol. The first kappa shape index (κ1) is 8.11. The van der Waals surface area contributed by atoms with Gasteiger partial charge in [-0.3, -0.25) is 0 Å². The largest absolute Gasteiger partial charge is 0.242 e. The first-order valence-corrected chi connectivity index (χ1v) is 5.14. The maximum atomic E-state index is 13.3. The van der Waals surface area contributed by atoms with Crippen LogP contribution >= 0.6 is 11.8 Å². The molecular weight excluding hydrogens is 171 g/mol. The van der Waals surface area contributed by atoms with Gasteiger partial charge in [-0.15, -0.1) is 11.8 Å². The van der Waals surface area contributed by atoms with Crippen LogP contribution in [0.2, 0.25) is 0 Å². The van der Waals surface area contributed by atoms with Crippen molar-refractivity contribution in [2.75, 3.05) is 5.75 Å². The summed E-state index contributed by atoms with van der Waals surface area (Å²) in [5.74, 6) is 0.916. The Labute approximate surface area is 76.2 Å². The van der Waals surface area contributed by atoms with Gasteiger partial charge in [0.05, 0.1) is 0 Å². The van der Waals surface area contributed by atoms with Gasteiger partial charge in [0.15, 0.2) is 0 Å². The molecule has 0 N–H and O–H groups in total. The highest BCUT2D eigenvalue weighted by Crippen LogP contribution is 2.39. The maximum absolute atomic E-state index is 13.3. The molecule has 1 aliphatic rings. The zero-order chi connectivity index (χ0) is 8.55. The fourth-order valence-corrected chi connectivity index (χ4v) is 2.73. The summed E-state index contributed by atoms with van der Waals surface area (Å²) >= 11 is 1.78. The molecule has 1 aromatic rings. The van der Waals surface area contributed by atoms with E-state index in [2.05, 4.69) is 0 Å². The topological polar surface area (TPSA) is 0 Å². The van der Waals surface area contributed by atoms with Crippen LogP contribution in [-0.4, -0.2) is 5.75 Å². The normalized spacial score (nSPS) is 22.0. The summed E-state index contributed by atoms with van der Waals surface area (Å²) in [6, 6.07) is 5.88. The van der Waals surface area contributed by atoms with Crippen molar-refractivity contribution in [2.45, 2.75) is 24.4 Å². The third-order valence-corrected chi connectivity index (χ3v) is 3.48. The Balaban J connectivity index is 2.52. The number of hydrogen-bond acceptors (Lipinski definition) is 1. The van der Waals surface area contributed by atoms with E-state index in [1.807, 2.05) is 25.1 Å². The average Bonchev–Trinajstić information content (AvgIpc) is 2.07. The number of benzene rings is 1. The lowest BCUT2D eigenvalue weighted by atomic mass is 10.1.